The molecule has 186 valence electrons. The summed E-state index contributed by atoms with van der Waals surface area (Å²) in [5, 5.41) is 0.894. The van der Waals surface area contributed by atoms with Crippen molar-refractivity contribution in [3.63, 3.8) is 0 Å². The van der Waals surface area contributed by atoms with Crippen molar-refractivity contribution in [3.8, 4) is 0 Å². The predicted octanol–water partition coefficient (Wildman–Crippen LogP) is 3.55. The van der Waals surface area contributed by atoms with Crippen molar-refractivity contribution < 1.29 is 17.6 Å². The van der Waals surface area contributed by atoms with Gasteiger partial charge in [0.05, 0.1) is 16.5 Å². The smallest absolute Gasteiger partial charge is 0.243 e. The molecule has 5 rings (SSSR count). The first kappa shape index (κ1) is 23.8. The number of amides is 1. The monoisotopic (exact) mass is 498 g/mol. The van der Waals surface area contributed by atoms with Gasteiger partial charge < -0.3 is 14.4 Å². The minimum absolute atomic E-state index is 0.00596. The molecule has 2 saturated heterocycles. The number of para-hydroxylation sites is 1. The topological polar surface area (TPSA) is 65.9 Å². The molecule has 2 aliphatic rings. The van der Waals surface area contributed by atoms with Crippen molar-refractivity contribution in [1.82, 2.24) is 13.8 Å². The third-order valence-corrected chi connectivity index (χ3v) is 9.10. The van der Waals surface area contributed by atoms with E-state index in [4.69, 9.17) is 0 Å². The number of sulfonamides is 1. The van der Waals surface area contributed by atoms with Crippen LogP contribution < -0.4 is 4.90 Å². The number of hydrogen-bond donors (Lipinski definition) is 0. The van der Waals surface area contributed by atoms with Crippen LogP contribution in [-0.4, -0.2) is 67.4 Å². The molecule has 35 heavy (non-hydrogen) atoms. The van der Waals surface area contributed by atoms with E-state index in [0.717, 1.165) is 17.4 Å². The number of aromatic nitrogens is 1. The fourth-order valence-electron chi connectivity index (χ4n) is 5.26. The molecule has 0 unspecified atom stereocenters. The van der Waals surface area contributed by atoms with Crippen molar-refractivity contribution in [2.45, 2.75) is 31.2 Å². The maximum Gasteiger partial charge on any atom is 0.243 e. The van der Waals surface area contributed by atoms with Crippen LogP contribution in [0, 0.1) is 11.7 Å². The van der Waals surface area contributed by atoms with Crippen molar-refractivity contribution >= 4 is 32.5 Å². The zero-order valence-corrected chi connectivity index (χ0v) is 20.8. The summed E-state index contributed by atoms with van der Waals surface area (Å²) in [6.45, 7) is 5.60. The summed E-state index contributed by atoms with van der Waals surface area (Å²) in [6.07, 6.45) is 3.29. The Bertz CT molecular complexity index is 1330. The minimum Gasteiger partial charge on any atom is -0.366 e. The van der Waals surface area contributed by atoms with E-state index in [9.17, 15) is 17.6 Å². The van der Waals surface area contributed by atoms with Crippen molar-refractivity contribution in [1.29, 1.82) is 0 Å². The molecular weight excluding hydrogens is 467 g/mol. The van der Waals surface area contributed by atoms with E-state index < -0.39 is 10.0 Å². The number of hydrogen-bond acceptors (Lipinski definition) is 4. The van der Waals surface area contributed by atoms with E-state index in [2.05, 4.69) is 11.5 Å². The molecular formula is C26H31FN4O3S. The Hall–Kier alpha value is -2.91. The Morgan fingerprint density at radius 2 is 1.80 bits per heavy atom. The molecule has 0 aliphatic carbocycles. The largest absolute Gasteiger partial charge is 0.366 e. The van der Waals surface area contributed by atoms with E-state index in [0.29, 0.717) is 51.3 Å². The van der Waals surface area contributed by atoms with Crippen molar-refractivity contribution in [2.75, 3.05) is 44.2 Å². The van der Waals surface area contributed by atoms with Gasteiger partial charge in [0.25, 0.3) is 0 Å². The highest BCUT2D eigenvalue weighted by atomic mass is 32.2. The summed E-state index contributed by atoms with van der Waals surface area (Å²) in [5.41, 5.74) is 1.56. The van der Waals surface area contributed by atoms with Gasteiger partial charge in [0.1, 0.15) is 5.82 Å². The van der Waals surface area contributed by atoms with Gasteiger partial charge in [0, 0.05) is 62.9 Å². The van der Waals surface area contributed by atoms with E-state index in [-0.39, 0.29) is 29.1 Å². The molecule has 1 aromatic heterocycles. The molecule has 9 heteroatoms. The summed E-state index contributed by atoms with van der Waals surface area (Å²) in [5.74, 6) is -0.623. The standard InChI is InChI=1S/C26H31FN4O3S/c1-2-28-13-11-20-18-22(9-10-24(20)28)35(33,34)31-12-5-6-21(19-31)26(32)30-16-14-29(15-17-30)25-8-4-3-7-23(25)27/h3-4,7-11,13,18,21H,2,5-6,12,14-17,19H2,1H3/t21-/m0/s1. The molecule has 1 atom stereocenters. The molecule has 0 N–H and O–H groups in total. The number of halogens is 1. The summed E-state index contributed by atoms with van der Waals surface area (Å²) in [4.78, 5) is 17.3. The molecule has 7 nitrogen and oxygen atoms in total. The summed E-state index contributed by atoms with van der Waals surface area (Å²) < 4.78 is 44.5. The number of carbonyl (C=O) groups excluding carboxylic acids is 1. The van der Waals surface area contributed by atoms with Crippen LogP contribution >= 0.6 is 0 Å². The van der Waals surface area contributed by atoms with Crippen LogP contribution in [0.4, 0.5) is 10.1 Å². The van der Waals surface area contributed by atoms with Crippen molar-refractivity contribution in [2.24, 2.45) is 5.92 Å². The maximum absolute atomic E-state index is 14.1. The number of piperazine rings is 1. The van der Waals surface area contributed by atoms with Crippen LogP contribution in [-0.2, 0) is 21.4 Å². The van der Waals surface area contributed by atoms with Gasteiger partial charge in [-0.15, -0.1) is 0 Å². The predicted molar refractivity (Wildman–Crippen MR) is 134 cm³/mol. The highest BCUT2D eigenvalue weighted by molar-refractivity contribution is 7.89. The molecule has 1 amide bonds. The lowest BCUT2D eigenvalue weighted by Gasteiger charge is -2.39. The van der Waals surface area contributed by atoms with E-state index in [1.807, 2.05) is 29.3 Å². The molecule has 3 heterocycles. The van der Waals surface area contributed by atoms with Gasteiger partial charge in [0.15, 0.2) is 0 Å². The van der Waals surface area contributed by atoms with Crippen LogP contribution in [0.25, 0.3) is 10.9 Å². The lowest BCUT2D eigenvalue weighted by atomic mass is 9.97. The van der Waals surface area contributed by atoms with Gasteiger partial charge in [-0.05, 0) is 56.2 Å². The Labute approximate surface area is 205 Å². The average molecular weight is 499 g/mol. The first-order valence-electron chi connectivity index (χ1n) is 12.3. The molecule has 0 bridgehead atoms. The normalized spacial score (nSPS) is 19.9. The van der Waals surface area contributed by atoms with Crippen LogP contribution in [0.2, 0.25) is 0 Å². The summed E-state index contributed by atoms with van der Waals surface area (Å²) >= 11 is 0. The highest BCUT2D eigenvalue weighted by Crippen LogP contribution is 2.28. The van der Waals surface area contributed by atoms with Gasteiger partial charge in [-0.25, -0.2) is 12.8 Å². The SMILES string of the molecule is CCn1ccc2cc(S(=O)(=O)N3CCC[C@H](C(=O)N4CCN(c5ccccc5F)CC4)C3)ccc21. The number of carbonyl (C=O) groups is 1. The number of anilines is 1. The second kappa shape index (κ2) is 9.62. The van der Waals surface area contributed by atoms with E-state index in [1.165, 1.54) is 10.4 Å². The van der Waals surface area contributed by atoms with Crippen molar-refractivity contribution in [3.05, 3.63) is 60.5 Å². The molecule has 0 radical (unpaired) electrons. The third kappa shape index (κ3) is 4.54. The maximum atomic E-state index is 14.1. The zero-order chi connectivity index (χ0) is 24.6. The Balaban J connectivity index is 1.26. The number of piperidine rings is 1. The average Bonchev–Trinajstić information content (AvgIpc) is 3.31. The molecule has 2 aliphatic heterocycles. The van der Waals surface area contributed by atoms with Crippen LogP contribution in [0.3, 0.4) is 0 Å². The quantitative estimate of drug-likeness (QED) is 0.540. The Kier molecular flexibility index (Phi) is 6.55. The van der Waals surface area contributed by atoms with Crippen LogP contribution in [0.15, 0.2) is 59.6 Å². The Morgan fingerprint density at radius 1 is 1.03 bits per heavy atom. The third-order valence-electron chi connectivity index (χ3n) is 7.24. The number of fused-ring (bicyclic) bond motifs is 1. The van der Waals surface area contributed by atoms with E-state index >= 15 is 0 Å². The molecule has 2 fully saturated rings. The fraction of sp³-hybridized carbons (Fsp3) is 0.423. The van der Waals surface area contributed by atoms with Crippen LogP contribution in [0.1, 0.15) is 19.8 Å². The summed E-state index contributed by atoms with van der Waals surface area (Å²) in [7, 11) is -3.69. The van der Waals surface area contributed by atoms with Gasteiger partial charge in [-0.2, -0.15) is 4.31 Å². The number of rotatable bonds is 5. The zero-order valence-electron chi connectivity index (χ0n) is 19.9. The fourth-order valence-corrected chi connectivity index (χ4v) is 6.82. The molecule has 0 saturated carbocycles. The minimum atomic E-state index is -3.69. The summed E-state index contributed by atoms with van der Waals surface area (Å²) in [6, 6.07) is 13.9. The molecule has 0 spiro atoms. The van der Waals surface area contributed by atoms with Gasteiger partial charge in [0.2, 0.25) is 15.9 Å². The number of nitrogens with zero attached hydrogens (tertiary/aromatic N) is 4. The van der Waals surface area contributed by atoms with Crippen LogP contribution in [0.5, 0.6) is 0 Å². The lowest BCUT2D eigenvalue weighted by molar-refractivity contribution is -0.137. The van der Waals surface area contributed by atoms with Gasteiger partial charge in [-0.1, -0.05) is 12.1 Å². The second-order valence-corrected chi connectivity index (χ2v) is 11.2. The first-order valence-corrected chi connectivity index (χ1v) is 13.7. The second-order valence-electron chi connectivity index (χ2n) is 9.29. The highest BCUT2D eigenvalue weighted by Gasteiger charge is 2.36. The first-order chi connectivity index (χ1) is 16.9. The molecule has 2 aromatic carbocycles. The van der Waals surface area contributed by atoms with E-state index in [1.54, 1.807) is 29.2 Å². The van der Waals surface area contributed by atoms with Gasteiger partial charge >= 0.3 is 0 Å². The Morgan fingerprint density at radius 3 is 2.54 bits per heavy atom. The lowest BCUT2D eigenvalue weighted by Crippen LogP contribution is -2.53. The molecule has 3 aromatic rings. The number of benzene rings is 2. The number of aryl methyl sites for hydroxylation is 1. The van der Waals surface area contributed by atoms with Gasteiger partial charge in [-0.3, -0.25) is 4.79 Å².